The van der Waals surface area contributed by atoms with Crippen LogP contribution in [-0.4, -0.2) is 6.54 Å². The van der Waals surface area contributed by atoms with Crippen molar-refractivity contribution >= 4 is 11.6 Å². The fourth-order valence-corrected chi connectivity index (χ4v) is 1.86. The van der Waals surface area contributed by atoms with E-state index in [2.05, 4.69) is 0 Å². The summed E-state index contributed by atoms with van der Waals surface area (Å²) in [5.74, 6) is -0.0223. The molecule has 0 bridgehead atoms. The summed E-state index contributed by atoms with van der Waals surface area (Å²) in [6, 6.07) is 6.96. The van der Waals surface area contributed by atoms with Gasteiger partial charge in [-0.1, -0.05) is 23.7 Å². The van der Waals surface area contributed by atoms with Crippen LogP contribution in [-0.2, 0) is 5.67 Å². The van der Waals surface area contributed by atoms with Crippen molar-refractivity contribution < 1.29 is 4.39 Å². The molecule has 1 aromatic carbocycles. The van der Waals surface area contributed by atoms with Crippen LogP contribution in [0.1, 0.15) is 12.0 Å². The third-order valence-corrected chi connectivity index (χ3v) is 2.85. The summed E-state index contributed by atoms with van der Waals surface area (Å²) in [5, 5.41) is 0.581. The highest BCUT2D eigenvalue weighted by Crippen LogP contribution is 2.55. The fraction of sp³-hybridized carbons (Fsp3) is 0.400. The highest BCUT2D eigenvalue weighted by atomic mass is 35.5. The molecule has 0 saturated heterocycles. The largest absolute Gasteiger partial charge is 0.330 e. The number of hydrogen-bond acceptors (Lipinski definition) is 1. The molecule has 1 aromatic rings. The van der Waals surface area contributed by atoms with Gasteiger partial charge in [0.15, 0.2) is 0 Å². The number of benzene rings is 1. The van der Waals surface area contributed by atoms with Gasteiger partial charge in [0.2, 0.25) is 0 Å². The summed E-state index contributed by atoms with van der Waals surface area (Å²) in [5.41, 5.74) is 4.87. The van der Waals surface area contributed by atoms with E-state index in [1.54, 1.807) is 24.3 Å². The average molecular weight is 200 g/mol. The van der Waals surface area contributed by atoms with Gasteiger partial charge in [-0.05, 0) is 30.7 Å². The molecule has 0 spiro atoms. The van der Waals surface area contributed by atoms with Crippen LogP contribution < -0.4 is 5.73 Å². The summed E-state index contributed by atoms with van der Waals surface area (Å²) < 4.78 is 13.9. The quantitative estimate of drug-likeness (QED) is 0.778. The second kappa shape index (κ2) is 2.96. The Morgan fingerprint density at radius 3 is 2.92 bits per heavy atom. The van der Waals surface area contributed by atoms with Gasteiger partial charge in [0.25, 0.3) is 0 Å². The second-order valence-corrected chi connectivity index (χ2v) is 3.95. The molecule has 70 valence electrons. The van der Waals surface area contributed by atoms with Crippen molar-refractivity contribution in [1.29, 1.82) is 0 Å². The van der Waals surface area contributed by atoms with Gasteiger partial charge in [-0.15, -0.1) is 0 Å². The number of nitrogens with two attached hydrogens (primary N) is 1. The van der Waals surface area contributed by atoms with Crippen LogP contribution in [0.5, 0.6) is 0 Å². The molecule has 0 heterocycles. The number of hydrogen-bond donors (Lipinski definition) is 1. The molecule has 13 heavy (non-hydrogen) atoms. The Hall–Kier alpha value is -0.600. The molecule has 2 atom stereocenters. The van der Waals surface area contributed by atoms with E-state index in [-0.39, 0.29) is 5.92 Å². The molecule has 1 saturated carbocycles. The Bertz CT molecular complexity index is 328. The third kappa shape index (κ3) is 1.45. The maximum atomic E-state index is 13.9. The van der Waals surface area contributed by atoms with Crippen LogP contribution in [0, 0.1) is 5.92 Å². The first-order chi connectivity index (χ1) is 6.16. The highest BCUT2D eigenvalue weighted by molar-refractivity contribution is 6.30. The molecule has 2 N–H and O–H groups in total. The van der Waals surface area contributed by atoms with Gasteiger partial charge in [-0.2, -0.15) is 0 Å². The predicted molar refractivity (Wildman–Crippen MR) is 51.4 cm³/mol. The van der Waals surface area contributed by atoms with Crippen molar-refractivity contribution in [3.05, 3.63) is 34.9 Å². The summed E-state index contributed by atoms with van der Waals surface area (Å²) in [7, 11) is 0. The minimum Gasteiger partial charge on any atom is -0.330 e. The molecule has 0 aromatic heterocycles. The van der Waals surface area contributed by atoms with Gasteiger partial charge >= 0.3 is 0 Å². The van der Waals surface area contributed by atoms with Gasteiger partial charge < -0.3 is 5.73 Å². The van der Waals surface area contributed by atoms with E-state index in [0.717, 1.165) is 0 Å². The lowest BCUT2D eigenvalue weighted by Gasteiger charge is -2.07. The number of alkyl halides is 1. The molecule has 1 aliphatic rings. The minimum absolute atomic E-state index is 0.0223. The number of rotatable bonds is 2. The molecule has 0 unspecified atom stereocenters. The normalized spacial score (nSPS) is 31.8. The van der Waals surface area contributed by atoms with E-state index >= 15 is 0 Å². The molecule has 2 rings (SSSR count). The average Bonchev–Trinajstić information content (AvgIpc) is 2.79. The van der Waals surface area contributed by atoms with E-state index in [1.165, 1.54) is 0 Å². The van der Waals surface area contributed by atoms with Crippen LogP contribution >= 0.6 is 11.6 Å². The molecular formula is C10H11ClFN. The molecule has 0 amide bonds. The van der Waals surface area contributed by atoms with E-state index in [9.17, 15) is 4.39 Å². The van der Waals surface area contributed by atoms with Gasteiger partial charge in [-0.25, -0.2) is 4.39 Å². The SMILES string of the molecule is NC[C@H]1C[C@]1(F)c1cccc(Cl)c1. The van der Waals surface area contributed by atoms with Gasteiger partial charge in [0.1, 0.15) is 5.67 Å². The molecule has 1 nitrogen and oxygen atoms in total. The Morgan fingerprint density at radius 1 is 1.62 bits per heavy atom. The Morgan fingerprint density at radius 2 is 2.38 bits per heavy atom. The van der Waals surface area contributed by atoms with E-state index in [1.807, 2.05) is 0 Å². The van der Waals surface area contributed by atoms with Crippen molar-refractivity contribution in [2.24, 2.45) is 11.7 Å². The van der Waals surface area contributed by atoms with Crippen LogP contribution in [0.2, 0.25) is 5.02 Å². The summed E-state index contributed by atoms with van der Waals surface area (Å²) in [6.07, 6.45) is 0.532. The van der Waals surface area contributed by atoms with Crippen LogP contribution in [0.25, 0.3) is 0 Å². The fourth-order valence-electron chi connectivity index (χ4n) is 1.67. The standard InChI is InChI=1S/C10H11ClFN/c11-9-3-1-2-7(4-9)10(12)5-8(10)6-13/h1-4,8H,5-6,13H2/t8-,10+/m1/s1. The Balaban J connectivity index is 2.27. The summed E-state index contributed by atoms with van der Waals surface area (Å²) >= 11 is 5.77. The van der Waals surface area contributed by atoms with Crippen LogP contribution in [0.3, 0.4) is 0 Å². The first kappa shape index (κ1) is 8.97. The second-order valence-electron chi connectivity index (χ2n) is 3.51. The molecule has 0 radical (unpaired) electrons. The zero-order chi connectivity index (χ0) is 9.47. The lowest BCUT2D eigenvalue weighted by atomic mass is 10.1. The van der Waals surface area contributed by atoms with Gasteiger partial charge in [0.05, 0.1) is 0 Å². The molecule has 1 aliphatic carbocycles. The number of halogens is 2. The predicted octanol–water partition coefficient (Wildman–Crippen LogP) is 2.48. The van der Waals surface area contributed by atoms with Crippen molar-refractivity contribution in [2.75, 3.05) is 6.54 Å². The summed E-state index contributed by atoms with van der Waals surface area (Å²) in [6.45, 7) is 0.406. The zero-order valence-electron chi connectivity index (χ0n) is 7.13. The Kier molecular flexibility index (Phi) is 2.05. The zero-order valence-corrected chi connectivity index (χ0v) is 7.89. The van der Waals surface area contributed by atoms with E-state index in [0.29, 0.717) is 23.6 Å². The van der Waals surface area contributed by atoms with Crippen molar-refractivity contribution in [1.82, 2.24) is 0 Å². The lowest BCUT2D eigenvalue weighted by molar-refractivity contribution is 0.288. The van der Waals surface area contributed by atoms with Crippen LogP contribution in [0.4, 0.5) is 4.39 Å². The first-order valence-corrected chi connectivity index (χ1v) is 4.69. The van der Waals surface area contributed by atoms with Crippen molar-refractivity contribution in [3.63, 3.8) is 0 Å². The van der Waals surface area contributed by atoms with E-state index < -0.39 is 5.67 Å². The van der Waals surface area contributed by atoms with Crippen molar-refractivity contribution in [3.8, 4) is 0 Å². The lowest BCUT2D eigenvalue weighted by Crippen LogP contribution is -2.10. The molecule has 1 fully saturated rings. The molecular weight excluding hydrogens is 189 g/mol. The van der Waals surface area contributed by atoms with Gasteiger partial charge in [0, 0.05) is 10.9 Å². The molecule has 3 heteroatoms. The maximum Gasteiger partial charge on any atom is 0.140 e. The minimum atomic E-state index is -1.21. The smallest absolute Gasteiger partial charge is 0.140 e. The van der Waals surface area contributed by atoms with Gasteiger partial charge in [-0.3, -0.25) is 0 Å². The Labute approximate surface area is 81.7 Å². The summed E-state index contributed by atoms with van der Waals surface area (Å²) in [4.78, 5) is 0. The van der Waals surface area contributed by atoms with E-state index in [4.69, 9.17) is 17.3 Å². The maximum absolute atomic E-state index is 13.9. The topological polar surface area (TPSA) is 26.0 Å². The molecule has 0 aliphatic heterocycles. The first-order valence-electron chi connectivity index (χ1n) is 4.32. The monoisotopic (exact) mass is 199 g/mol. The highest BCUT2D eigenvalue weighted by Gasteiger charge is 2.55. The van der Waals surface area contributed by atoms with Crippen LogP contribution in [0.15, 0.2) is 24.3 Å². The van der Waals surface area contributed by atoms with Crippen molar-refractivity contribution in [2.45, 2.75) is 12.1 Å². The third-order valence-electron chi connectivity index (χ3n) is 2.62.